The predicted molar refractivity (Wildman–Crippen MR) is 107 cm³/mol. The van der Waals surface area contributed by atoms with E-state index >= 15 is 0 Å². The second kappa shape index (κ2) is 9.19. The topological polar surface area (TPSA) is 63.2 Å². The number of morpholine rings is 1. The highest BCUT2D eigenvalue weighted by Crippen LogP contribution is 2.17. The zero-order valence-electron chi connectivity index (χ0n) is 15.8. The van der Waals surface area contributed by atoms with E-state index < -0.39 is 0 Å². The van der Waals surface area contributed by atoms with E-state index in [1.807, 2.05) is 38.1 Å². The highest BCUT2D eigenvalue weighted by Gasteiger charge is 2.10. The summed E-state index contributed by atoms with van der Waals surface area (Å²) in [4.78, 5) is 14.2. The highest BCUT2D eigenvalue weighted by molar-refractivity contribution is 5.83. The Morgan fingerprint density at radius 2 is 1.81 bits per heavy atom. The van der Waals surface area contributed by atoms with E-state index in [1.54, 1.807) is 6.21 Å². The van der Waals surface area contributed by atoms with Gasteiger partial charge in [0, 0.05) is 18.8 Å². The zero-order chi connectivity index (χ0) is 19.1. The minimum Gasteiger partial charge on any atom is -0.484 e. The van der Waals surface area contributed by atoms with Crippen LogP contribution in [0.4, 0.5) is 5.69 Å². The van der Waals surface area contributed by atoms with Gasteiger partial charge in [-0.05, 0) is 54.8 Å². The lowest BCUT2D eigenvalue weighted by molar-refractivity contribution is -0.123. The Morgan fingerprint density at radius 1 is 1.15 bits per heavy atom. The number of amides is 1. The normalized spacial score (nSPS) is 14.4. The van der Waals surface area contributed by atoms with E-state index in [1.165, 1.54) is 5.69 Å². The van der Waals surface area contributed by atoms with Crippen LogP contribution in [0.2, 0.25) is 0 Å². The Hall–Kier alpha value is -2.86. The van der Waals surface area contributed by atoms with E-state index in [2.05, 4.69) is 33.6 Å². The number of carbonyl (C=O) groups excluding carboxylic acids is 1. The smallest absolute Gasteiger partial charge is 0.277 e. The maximum Gasteiger partial charge on any atom is 0.277 e. The quantitative estimate of drug-likeness (QED) is 0.630. The second-order valence-corrected chi connectivity index (χ2v) is 6.60. The third kappa shape index (κ3) is 5.82. The number of benzene rings is 2. The van der Waals surface area contributed by atoms with Gasteiger partial charge in [-0.1, -0.05) is 18.2 Å². The molecular weight excluding hydrogens is 342 g/mol. The Labute approximate surface area is 159 Å². The van der Waals surface area contributed by atoms with Gasteiger partial charge < -0.3 is 14.4 Å². The number of anilines is 1. The molecule has 0 radical (unpaired) electrons. The zero-order valence-corrected chi connectivity index (χ0v) is 15.8. The van der Waals surface area contributed by atoms with Gasteiger partial charge in [0.15, 0.2) is 6.61 Å². The van der Waals surface area contributed by atoms with Gasteiger partial charge in [0.2, 0.25) is 0 Å². The largest absolute Gasteiger partial charge is 0.484 e. The van der Waals surface area contributed by atoms with Gasteiger partial charge in [0.1, 0.15) is 5.75 Å². The molecule has 0 spiro atoms. The number of nitrogens with zero attached hydrogens (tertiary/aromatic N) is 2. The number of hydrogen-bond donors (Lipinski definition) is 1. The molecule has 0 saturated carbocycles. The Balaban J connectivity index is 1.46. The molecule has 27 heavy (non-hydrogen) atoms. The van der Waals surface area contributed by atoms with Crippen molar-refractivity contribution < 1.29 is 14.3 Å². The fraction of sp³-hybridized carbons (Fsp3) is 0.333. The monoisotopic (exact) mass is 367 g/mol. The first kappa shape index (κ1) is 18.9. The van der Waals surface area contributed by atoms with Gasteiger partial charge in [-0.15, -0.1) is 0 Å². The van der Waals surface area contributed by atoms with Crippen LogP contribution in [0.15, 0.2) is 47.6 Å². The minimum absolute atomic E-state index is 0.0732. The molecule has 1 N–H and O–H groups in total. The summed E-state index contributed by atoms with van der Waals surface area (Å²) in [6.45, 7) is 7.26. The second-order valence-electron chi connectivity index (χ2n) is 6.60. The van der Waals surface area contributed by atoms with Gasteiger partial charge in [-0.25, -0.2) is 5.43 Å². The molecule has 6 nitrogen and oxygen atoms in total. The molecule has 1 saturated heterocycles. The lowest BCUT2D eigenvalue weighted by atomic mass is 10.1. The summed E-state index contributed by atoms with van der Waals surface area (Å²) >= 11 is 0. The molecule has 0 atom stereocenters. The molecule has 142 valence electrons. The van der Waals surface area contributed by atoms with Crippen LogP contribution in [0.25, 0.3) is 0 Å². The molecule has 2 aromatic carbocycles. The molecule has 1 aliphatic heterocycles. The van der Waals surface area contributed by atoms with E-state index in [-0.39, 0.29) is 12.5 Å². The lowest BCUT2D eigenvalue weighted by Gasteiger charge is -2.28. The summed E-state index contributed by atoms with van der Waals surface area (Å²) in [7, 11) is 0. The van der Waals surface area contributed by atoms with Crippen molar-refractivity contribution in [1.82, 2.24) is 5.43 Å². The highest BCUT2D eigenvalue weighted by atomic mass is 16.5. The molecule has 1 heterocycles. The molecule has 6 heteroatoms. The van der Waals surface area contributed by atoms with Crippen LogP contribution in [0, 0.1) is 13.8 Å². The molecule has 2 aromatic rings. The third-order valence-electron chi connectivity index (χ3n) is 4.24. The van der Waals surface area contributed by atoms with Crippen LogP contribution < -0.4 is 15.1 Å². The lowest BCUT2D eigenvalue weighted by Crippen LogP contribution is -2.36. The van der Waals surface area contributed by atoms with Crippen molar-refractivity contribution in [1.29, 1.82) is 0 Å². The summed E-state index contributed by atoms with van der Waals surface area (Å²) in [6.07, 6.45) is 1.62. The van der Waals surface area contributed by atoms with E-state index in [0.717, 1.165) is 43.0 Å². The number of nitrogens with one attached hydrogen (secondary N) is 1. The van der Waals surface area contributed by atoms with Gasteiger partial charge >= 0.3 is 0 Å². The molecule has 0 unspecified atom stereocenters. The van der Waals surface area contributed by atoms with Gasteiger partial charge in [-0.3, -0.25) is 4.79 Å². The first-order chi connectivity index (χ1) is 13.1. The number of carbonyl (C=O) groups is 1. The summed E-state index contributed by atoms with van der Waals surface area (Å²) in [5.41, 5.74) is 6.78. The van der Waals surface area contributed by atoms with E-state index in [9.17, 15) is 4.79 Å². The van der Waals surface area contributed by atoms with Gasteiger partial charge in [-0.2, -0.15) is 5.10 Å². The number of hydrogen-bond acceptors (Lipinski definition) is 5. The minimum atomic E-state index is -0.296. The van der Waals surface area contributed by atoms with Crippen molar-refractivity contribution >= 4 is 17.8 Å². The molecular formula is C21H25N3O3. The number of ether oxygens (including phenoxy) is 2. The van der Waals surface area contributed by atoms with Gasteiger partial charge in [0.25, 0.3) is 5.91 Å². The fourth-order valence-electron chi connectivity index (χ4n) is 2.97. The molecule has 1 amide bonds. The van der Waals surface area contributed by atoms with Crippen molar-refractivity contribution in [2.75, 3.05) is 37.8 Å². The van der Waals surface area contributed by atoms with Crippen LogP contribution in [-0.2, 0) is 9.53 Å². The molecule has 1 aliphatic rings. The average molecular weight is 367 g/mol. The molecule has 0 bridgehead atoms. The van der Waals surface area contributed by atoms with Gasteiger partial charge in [0.05, 0.1) is 19.4 Å². The SMILES string of the molecule is Cc1cc(C)cc(OCC(=O)N/N=C/c2ccc(N3CCOCC3)cc2)c1. The first-order valence-corrected chi connectivity index (χ1v) is 9.06. The first-order valence-electron chi connectivity index (χ1n) is 9.06. The van der Waals surface area contributed by atoms with Crippen molar-refractivity contribution in [3.8, 4) is 5.75 Å². The Kier molecular flexibility index (Phi) is 6.44. The summed E-state index contributed by atoms with van der Waals surface area (Å²) in [6, 6.07) is 13.9. The van der Waals surface area contributed by atoms with Crippen molar-refractivity contribution in [2.24, 2.45) is 5.10 Å². The Bertz CT molecular complexity index is 777. The summed E-state index contributed by atoms with van der Waals surface area (Å²) < 4.78 is 10.9. The maximum absolute atomic E-state index is 11.9. The summed E-state index contributed by atoms with van der Waals surface area (Å²) in [5, 5.41) is 3.99. The summed E-state index contributed by atoms with van der Waals surface area (Å²) in [5.74, 6) is 0.390. The molecule has 0 aromatic heterocycles. The van der Waals surface area contributed by atoms with Crippen molar-refractivity contribution in [3.63, 3.8) is 0 Å². The van der Waals surface area contributed by atoms with E-state index in [4.69, 9.17) is 9.47 Å². The molecule has 1 fully saturated rings. The fourth-order valence-corrected chi connectivity index (χ4v) is 2.97. The number of aryl methyl sites for hydroxylation is 2. The molecule has 3 rings (SSSR count). The van der Waals surface area contributed by atoms with Crippen LogP contribution in [0.1, 0.15) is 16.7 Å². The number of hydrazone groups is 1. The van der Waals surface area contributed by atoms with E-state index in [0.29, 0.717) is 5.75 Å². The number of rotatable bonds is 6. The maximum atomic E-state index is 11.9. The predicted octanol–water partition coefficient (Wildman–Crippen LogP) is 2.67. The standard InChI is InChI=1S/C21H25N3O3/c1-16-11-17(2)13-20(12-16)27-15-21(25)23-22-14-18-3-5-19(6-4-18)24-7-9-26-10-8-24/h3-6,11-14H,7-10,15H2,1-2H3,(H,23,25)/b22-14+. The third-order valence-corrected chi connectivity index (χ3v) is 4.24. The van der Waals surface area contributed by atoms with Crippen molar-refractivity contribution in [3.05, 3.63) is 59.2 Å². The Morgan fingerprint density at radius 3 is 2.48 bits per heavy atom. The van der Waals surface area contributed by atoms with Crippen LogP contribution in [0.3, 0.4) is 0 Å². The average Bonchev–Trinajstić information content (AvgIpc) is 2.67. The van der Waals surface area contributed by atoms with Crippen molar-refractivity contribution in [2.45, 2.75) is 13.8 Å². The van der Waals surface area contributed by atoms with Crippen LogP contribution in [-0.4, -0.2) is 45.0 Å². The van der Waals surface area contributed by atoms with Crippen LogP contribution >= 0.6 is 0 Å². The van der Waals surface area contributed by atoms with Crippen LogP contribution in [0.5, 0.6) is 5.75 Å². The molecule has 0 aliphatic carbocycles.